The van der Waals surface area contributed by atoms with E-state index in [1.54, 1.807) is 18.2 Å². The number of carbonyl (C=O) groups excluding carboxylic acids is 2. The Bertz CT molecular complexity index is 493. The Morgan fingerprint density at radius 1 is 1.35 bits per heavy atom. The highest BCUT2D eigenvalue weighted by molar-refractivity contribution is 6.32. The van der Waals surface area contributed by atoms with Crippen LogP contribution in [0.5, 0.6) is 5.75 Å². The van der Waals surface area contributed by atoms with Crippen molar-refractivity contribution in [2.24, 2.45) is 0 Å². The average molecular weight is 320 g/mol. The standard InChI is InChI=1S/C13H15Cl2NO4/c1-19-11-6-8(3-4-9(11)15)5-10(13(18)20-2)16-12(17)7-14/h3-4,6,10H,5,7H2,1-2H3,(H,16,17). The largest absolute Gasteiger partial charge is 0.495 e. The van der Waals surface area contributed by atoms with Crippen molar-refractivity contribution < 1.29 is 19.1 Å². The van der Waals surface area contributed by atoms with Crippen LogP contribution in [0.4, 0.5) is 0 Å². The summed E-state index contributed by atoms with van der Waals surface area (Å²) in [7, 11) is 2.75. The highest BCUT2D eigenvalue weighted by Gasteiger charge is 2.22. The molecule has 1 N–H and O–H groups in total. The molecule has 5 nitrogen and oxygen atoms in total. The van der Waals surface area contributed by atoms with Gasteiger partial charge in [0.1, 0.15) is 17.7 Å². The number of ether oxygens (including phenoxy) is 2. The summed E-state index contributed by atoms with van der Waals surface area (Å²) in [5.74, 6) is -0.714. The highest BCUT2D eigenvalue weighted by atomic mass is 35.5. The van der Waals surface area contributed by atoms with E-state index in [9.17, 15) is 9.59 Å². The molecule has 1 unspecified atom stereocenters. The molecule has 0 aromatic heterocycles. The van der Waals surface area contributed by atoms with Crippen molar-refractivity contribution in [2.75, 3.05) is 20.1 Å². The molecule has 0 fully saturated rings. The van der Waals surface area contributed by atoms with Crippen LogP contribution in [0, 0.1) is 0 Å². The normalized spacial score (nSPS) is 11.6. The van der Waals surface area contributed by atoms with Crippen LogP contribution >= 0.6 is 23.2 Å². The van der Waals surface area contributed by atoms with Gasteiger partial charge in [-0.1, -0.05) is 17.7 Å². The number of methoxy groups -OCH3 is 2. The van der Waals surface area contributed by atoms with Crippen LogP contribution in [0.25, 0.3) is 0 Å². The van der Waals surface area contributed by atoms with Crippen LogP contribution in [0.2, 0.25) is 5.02 Å². The minimum absolute atomic E-state index is 0.225. The molecule has 0 aliphatic rings. The number of alkyl halides is 1. The molecule has 1 rings (SSSR count). The van der Waals surface area contributed by atoms with Gasteiger partial charge in [0.05, 0.1) is 19.2 Å². The molecule has 1 aromatic carbocycles. The average Bonchev–Trinajstić information content (AvgIpc) is 2.47. The number of hydrogen-bond donors (Lipinski definition) is 1. The van der Waals surface area contributed by atoms with Crippen molar-refractivity contribution in [2.45, 2.75) is 12.5 Å². The SMILES string of the molecule is COC(=O)C(Cc1ccc(Cl)c(OC)c1)NC(=O)CCl. The Morgan fingerprint density at radius 2 is 2.05 bits per heavy atom. The molecule has 0 saturated carbocycles. The van der Waals surface area contributed by atoms with E-state index in [1.807, 2.05) is 0 Å². The maximum atomic E-state index is 11.7. The fourth-order valence-corrected chi connectivity index (χ4v) is 1.91. The second-order valence-corrected chi connectivity index (χ2v) is 4.62. The minimum Gasteiger partial charge on any atom is -0.495 e. The maximum Gasteiger partial charge on any atom is 0.328 e. The number of carbonyl (C=O) groups is 2. The molecule has 0 radical (unpaired) electrons. The van der Waals surface area contributed by atoms with E-state index in [0.717, 1.165) is 5.56 Å². The topological polar surface area (TPSA) is 64.6 Å². The number of halogens is 2. The molecule has 7 heteroatoms. The summed E-state index contributed by atoms with van der Waals surface area (Å²) >= 11 is 11.3. The number of esters is 1. The molecule has 0 spiro atoms. The Kier molecular flexibility index (Phi) is 6.61. The van der Waals surface area contributed by atoms with Crippen molar-refractivity contribution in [3.8, 4) is 5.75 Å². The van der Waals surface area contributed by atoms with Gasteiger partial charge in [-0.2, -0.15) is 0 Å². The van der Waals surface area contributed by atoms with Gasteiger partial charge in [0.2, 0.25) is 5.91 Å². The lowest BCUT2D eigenvalue weighted by Gasteiger charge is -2.16. The van der Waals surface area contributed by atoms with Crippen LogP contribution in [0.1, 0.15) is 5.56 Å². The summed E-state index contributed by atoms with van der Waals surface area (Å²) in [4.78, 5) is 23.0. The first-order chi connectivity index (χ1) is 9.51. The Labute approximate surface area is 127 Å². The molecule has 0 heterocycles. The van der Waals surface area contributed by atoms with Crippen LogP contribution in [0.3, 0.4) is 0 Å². The lowest BCUT2D eigenvalue weighted by atomic mass is 10.1. The van der Waals surface area contributed by atoms with E-state index < -0.39 is 17.9 Å². The molecule has 0 bridgehead atoms. The van der Waals surface area contributed by atoms with E-state index in [-0.39, 0.29) is 12.3 Å². The van der Waals surface area contributed by atoms with Crippen LogP contribution in [0.15, 0.2) is 18.2 Å². The van der Waals surface area contributed by atoms with Crippen molar-refractivity contribution in [3.05, 3.63) is 28.8 Å². The van der Waals surface area contributed by atoms with Crippen LogP contribution in [-0.2, 0) is 20.7 Å². The summed E-state index contributed by atoms with van der Waals surface area (Å²) in [6.45, 7) is 0. The van der Waals surface area contributed by atoms with Crippen LogP contribution < -0.4 is 10.1 Å². The van der Waals surface area contributed by atoms with Crippen molar-refractivity contribution in [1.29, 1.82) is 0 Å². The smallest absolute Gasteiger partial charge is 0.328 e. The fraction of sp³-hybridized carbons (Fsp3) is 0.385. The summed E-state index contributed by atoms with van der Waals surface area (Å²) in [5, 5.41) is 2.97. The number of amides is 1. The molecule has 1 amide bonds. The second-order valence-electron chi connectivity index (χ2n) is 3.95. The number of benzene rings is 1. The van der Waals surface area contributed by atoms with Gasteiger partial charge in [-0.15, -0.1) is 11.6 Å². The molecule has 1 aromatic rings. The third-order valence-corrected chi connectivity index (χ3v) is 3.15. The third kappa shape index (κ3) is 4.58. The minimum atomic E-state index is -0.808. The van der Waals surface area contributed by atoms with E-state index in [4.69, 9.17) is 27.9 Å². The molecular formula is C13H15Cl2NO4. The monoisotopic (exact) mass is 319 g/mol. The van der Waals surface area contributed by atoms with E-state index in [0.29, 0.717) is 10.8 Å². The second kappa shape index (κ2) is 7.97. The van der Waals surface area contributed by atoms with Gasteiger partial charge in [-0.25, -0.2) is 4.79 Å². The van der Waals surface area contributed by atoms with Gasteiger partial charge in [-0.3, -0.25) is 4.79 Å². The lowest BCUT2D eigenvalue weighted by Crippen LogP contribution is -2.43. The summed E-state index contributed by atoms with van der Waals surface area (Å²) < 4.78 is 9.76. The van der Waals surface area contributed by atoms with Gasteiger partial charge >= 0.3 is 5.97 Å². The summed E-state index contributed by atoms with van der Waals surface area (Å²) in [6, 6.07) is 4.30. The number of hydrogen-bond acceptors (Lipinski definition) is 4. The molecular weight excluding hydrogens is 305 g/mol. The first-order valence-electron chi connectivity index (χ1n) is 5.77. The van der Waals surface area contributed by atoms with Crippen molar-refractivity contribution >= 4 is 35.1 Å². The summed E-state index contributed by atoms with van der Waals surface area (Å²) in [6.07, 6.45) is 0.253. The van der Waals surface area contributed by atoms with E-state index in [1.165, 1.54) is 14.2 Å². The summed E-state index contributed by atoms with van der Waals surface area (Å²) in [5.41, 5.74) is 0.775. The number of rotatable bonds is 6. The molecule has 0 aliphatic carbocycles. The molecule has 110 valence electrons. The Balaban J connectivity index is 2.88. The number of nitrogens with one attached hydrogen (secondary N) is 1. The Hall–Kier alpha value is -1.46. The first-order valence-corrected chi connectivity index (χ1v) is 6.68. The van der Waals surface area contributed by atoms with Gasteiger partial charge in [0, 0.05) is 6.42 Å². The first kappa shape index (κ1) is 16.6. The maximum absolute atomic E-state index is 11.7. The van der Waals surface area contributed by atoms with Gasteiger partial charge in [0.25, 0.3) is 0 Å². The molecule has 0 saturated heterocycles. The van der Waals surface area contributed by atoms with Crippen molar-refractivity contribution in [3.63, 3.8) is 0 Å². The third-order valence-electron chi connectivity index (χ3n) is 2.60. The van der Waals surface area contributed by atoms with Crippen molar-refractivity contribution in [1.82, 2.24) is 5.32 Å². The molecule has 1 atom stereocenters. The predicted octanol–water partition coefficient (Wildman–Crippen LogP) is 1.79. The predicted molar refractivity (Wildman–Crippen MR) is 76.4 cm³/mol. The quantitative estimate of drug-likeness (QED) is 0.641. The zero-order valence-electron chi connectivity index (χ0n) is 11.1. The highest BCUT2D eigenvalue weighted by Crippen LogP contribution is 2.25. The zero-order chi connectivity index (χ0) is 15.1. The van der Waals surface area contributed by atoms with Gasteiger partial charge in [0.15, 0.2) is 0 Å². The zero-order valence-corrected chi connectivity index (χ0v) is 12.6. The molecule has 0 aliphatic heterocycles. The molecule has 20 heavy (non-hydrogen) atoms. The lowest BCUT2D eigenvalue weighted by molar-refractivity contribution is -0.144. The van der Waals surface area contributed by atoms with Gasteiger partial charge in [-0.05, 0) is 17.7 Å². The van der Waals surface area contributed by atoms with E-state index in [2.05, 4.69) is 10.1 Å². The van der Waals surface area contributed by atoms with Crippen LogP contribution in [-0.4, -0.2) is 38.0 Å². The Morgan fingerprint density at radius 3 is 2.60 bits per heavy atom. The fourth-order valence-electron chi connectivity index (χ4n) is 1.64. The van der Waals surface area contributed by atoms with Gasteiger partial charge < -0.3 is 14.8 Å². The van der Waals surface area contributed by atoms with E-state index >= 15 is 0 Å².